The van der Waals surface area contributed by atoms with Crippen LogP contribution in [0.25, 0.3) is 11.1 Å². The van der Waals surface area contributed by atoms with E-state index in [1.807, 2.05) is 49.9 Å². The number of hydrogen-bond acceptors (Lipinski definition) is 6. The number of benzene rings is 1. The smallest absolute Gasteiger partial charge is 0.258 e. The number of anilines is 2. The maximum Gasteiger partial charge on any atom is 0.258 e. The van der Waals surface area contributed by atoms with Crippen LogP contribution in [0.15, 0.2) is 42.9 Å². The van der Waals surface area contributed by atoms with Gasteiger partial charge in [0.15, 0.2) is 5.82 Å². The zero-order valence-corrected chi connectivity index (χ0v) is 21.0. The number of carbonyl (C=O) groups excluding carboxylic acids is 1. The van der Waals surface area contributed by atoms with E-state index in [0.717, 1.165) is 22.4 Å². The summed E-state index contributed by atoms with van der Waals surface area (Å²) in [7, 11) is 3.91. The second kappa shape index (κ2) is 9.63. The van der Waals surface area contributed by atoms with Crippen LogP contribution in [0.2, 0.25) is 0 Å². The maximum absolute atomic E-state index is 14.7. The Labute approximate surface area is 201 Å². The highest BCUT2D eigenvalue weighted by atomic mass is 31.0. The number of nitrogens with one attached hydrogen (secondary N) is 1. The number of amides is 1. The molecule has 1 aromatic carbocycles. The normalized spacial score (nSPS) is 17.8. The number of halogens is 1. The van der Waals surface area contributed by atoms with Crippen LogP contribution in [0, 0.1) is 6.92 Å². The first-order chi connectivity index (χ1) is 16.2. The number of alkyl halides is 1. The van der Waals surface area contributed by atoms with Gasteiger partial charge in [-0.2, -0.15) is 0 Å². The van der Waals surface area contributed by atoms with Crippen molar-refractivity contribution in [1.29, 1.82) is 0 Å². The van der Waals surface area contributed by atoms with Crippen LogP contribution in [0.4, 0.5) is 15.9 Å². The van der Waals surface area contributed by atoms with Crippen molar-refractivity contribution in [2.24, 2.45) is 0 Å². The van der Waals surface area contributed by atoms with Crippen LogP contribution in [-0.4, -0.2) is 46.5 Å². The Morgan fingerprint density at radius 3 is 2.53 bits per heavy atom. The Morgan fingerprint density at radius 2 is 1.94 bits per heavy atom. The molecule has 0 bridgehead atoms. The molecule has 1 saturated heterocycles. The van der Waals surface area contributed by atoms with Crippen molar-refractivity contribution in [3.63, 3.8) is 0 Å². The van der Waals surface area contributed by atoms with E-state index < -0.39 is 5.41 Å². The Kier molecular flexibility index (Phi) is 6.80. The Morgan fingerprint density at radius 1 is 1.21 bits per heavy atom. The van der Waals surface area contributed by atoms with Gasteiger partial charge in [-0.05, 0) is 36.2 Å². The molecule has 1 fully saturated rings. The molecule has 1 aliphatic heterocycles. The Hall–Kier alpha value is -3.12. The van der Waals surface area contributed by atoms with E-state index in [-0.39, 0.29) is 18.4 Å². The third kappa shape index (κ3) is 5.02. The highest BCUT2D eigenvalue weighted by Crippen LogP contribution is 2.41. The van der Waals surface area contributed by atoms with Crippen LogP contribution in [0.5, 0.6) is 5.75 Å². The zero-order valence-electron chi connectivity index (χ0n) is 19.8. The summed E-state index contributed by atoms with van der Waals surface area (Å²) in [5.74, 6) is 1.75. The average Bonchev–Trinajstić information content (AvgIpc) is 3.18. The van der Waals surface area contributed by atoms with Crippen LogP contribution in [-0.2, 0) is 0 Å². The van der Waals surface area contributed by atoms with E-state index in [4.69, 9.17) is 4.74 Å². The minimum absolute atomic E-state index is 0.162. The molecule has 3 heterocycles. The van der Waals surface area contributed by atoms with Crippen LogP contribution >= 0.6 is 9.24 Å². The van der Waals surface area contributed by atoms with Crippen molar-refractivity contribution in [2.45, 2.75) is 38.5 Å². The first-order valence-electron chi connectivity index (χ1n) is 11.2. The quantitative estimate of drug-likeness (QED) is 0.500. The van der Waals surface area contributed by atoms with Crippen molar-refractivity contribution in [3.05, 3.63) is 59.8 Å². The molecule has 0 radical (unpaired) electrons. The Bertz CT molecular complexity index is 1200. The topological polar surface area (TPSA) is 80.2 Å². The van der Waals surface area contributed by atoms with E-state index >= 15 is 0 Å². The van der Waals surface area contributed by atoms with E-state index in [1.54, 1.807) is 13.3 Å². The van der Waals surface area contributed by atoms with Crippen molar-refractivity contribution in [2.75, 3.05) is 30.4 Å². The molecule has 2 aromatic heterocycles. The number of carbonyl (C=O) groups is 1. The molecule has 1 aliphatic rings. The van der Waals surface area contributed by atoms with Gasteiger partial charge in [0.05, 0.1) is 24.9 Å². The van der Waals surface area contributed by atoms with E-state index in [1.165, 1.54) is 12.4 Å². The number of ether oxygens (including phenoxy) is 1. The third-order valence-corrected chi connectivity index (χ3v) is 6.37. The van der Waals surface area contributed by atoms with Crippen molar-refractivity contribution in [1.82, 2.24) is 15.0 Å². The molecule has 1 amide bonds. The lowest BCUT2D eigenvalue weighted by molar-refractivity contribution is 0.102. The van der Waals surface area contributed by atoms with Gasteiger partial charge in [0.2, 0.25) is 0 Å². The van der Waals surface area contributed by atoms with Crippen molar-refractivity contribution in [3.8, 4) is 16.9 Å². The SMILES string of the molecule is COc1ccc(-c2ccnc(N3CCC(F)(P)C3)c2NC(=O)c2cnc(C(C)C)nc2)c(C)c1. The molecule has 34 heavy (non-hydrogen) atoms. The first-order valence-corrected chi connectivity index (χ1v) is 11.8. The van der Waals surface area contributed by atoms with Gasteiger partial charge in [-0.3, -0.25) is 4.79 Å². The largest absolute Gasteiger partial charge is 0.497 e. The molecule has 7 nitrogen and oxygen atoms in total. The van der Waals surface area contributed by atoms with E-state index in [0.29, 0.717) is 35.9 Å². The molecule has 1 N–H and O–H groups in total. The van der Waals surface area contributed by atoms with Gasteiger partial charge in [0.25, 0.3) is 5.91 Å². The number of pyridine rings is 1. The fourth-order valence-corrected chi connectivity index (χ4v) is 4.37. The third-order valence-electron chi connectivity index (χ3n) is 5.89. The van der Waals surface area contributed by atoms with Gasteiger partial charge < -0.3 is 15.0 Å². The monoisotopic (exact) mass is 481 g/mol. The number of nitrogens with zero attached hydrogens (tertiary/aromatic N) is 4. The summed E-state index contributed by atoms with van der Waals surface area (Å²) in [6, 6.07) is 7.61. The lowest BCUT2D eigenvalue weighted by Crippen LogP contribution is -2.26. The molecular weight excluding hydrogens is 452 g/mol. The standard InChI is InChI=1S/C25H29FN5O2P/c1-15(2)22-28-12-17(13-29-22)24(32)30-21-20(19-6-5-18(33-4)11-16(19)3)7-9-27-23(21)31-10-8-25(26,34)14-31/h5-7,9,11-13,15H,8,10,14,34H2,1-4H3,(H,30,32). The van der Waals surface area contributed by atoms with Gasteiger partial charge in [0, 0.05) is 43.0 Å². The molecule has 0 saturated carbocycles. The summed E-state index contributed by atoms with van der Waals surface area (Å²) >= 11 is 0. The zero-order chi connectivity index (χ0) is 24.5. The average molecular weight is 482 g/mol. The summed E-state index contributed by atoms with van der Waals surface area (Å²) in [4.78, 5) is 28.2. The van der Waals surface area contributed by atoms with Gasteiger partial charge in [-0.15, -0.1) is 0 Å². The summed E-state index contributed by atoms with van der Waals surface area (Å²) in [5.41, 5.74) is 3.55. The van der Waals surface area contributed by atoms with E-state index in [2.05, 4.69) is 29.5 Å². The number of methoxy groups -OCH3 is 1. The molecule has 178 valence electrons. The summed E-state index contributed by atoms with van der Waals surface area (Å²) in [6.07, 6.45) is 5.10. The number of aryl methyl sites for hydroxylation is 1. The van der Waals surface area contributed by atoms with Gasteiger partial charge in [0.1, 0.15) is 17.0 Å². The summed E-state index contributed by atoms with van der Waals surface area (Å²) in [6.45, 7) is 6.63. The first kappa shape index (κ1) is 24.0. The molecule has 4 rings (SSSR count). The maximum atomic E-state index is 14.7. The van der Waals surface area contributed by atoms with Crippen molar-refractivity contribution < 1.29 is 13.9 Å². The molecule has 2 atom stereocenters. The lowest BCUT2D eigenvalue weighted by Gasteiger charge is -2.24. The lowest BCUT2D eigenvalue weighted by atomic mass is 9.99. The minimum Gasteiger partial charge on any atom is -0.497 e. The van der Waals surface area contributed by atoms with Gasteiger partial charge in [-0.25, -0.2) is 19.3 Å². The summed E-state index contributed by atoms with van der Waals surface area (Å²) in [5, 5.41) is 1.63. The Balaban J connectivity index is 1.77. The second-order valence-electron chi connectivity index (χ2n) is 8.88. The van der Waals surface area contributed by atoms with Gasteiger partial charge >= 0.3 is 0 Å². The predicted molar refractivity (Wildman–Crippen MR) is 135 cm³/mol. The number of aromatic nitrogens is 3. The molecule has 9 heteroatoms. The fraction of sp³-hybridized carbons (Fsp3) is 0.360. The minimum atomic E-state index is -1.39. The molecule has 3 aromatic rings. The molecule has 0 spiro atoms. The van der Waals surface area contributed by atoms with E-state index in [9.17, 15) is 9.18 Å². The number of rotatable bonds is 6. The van der Waals surface area contributed by atoms with Crippen LogP contribution in [0.3, 0.4) is 0 Å². The van der Waals surface area contributed by atoms with Crippen LogP contribution in [0.1, 0.15) is 47.9 Å². The van der Waals surface area contributed by atoms with Crippen molar-refractivity contribution >= 4 is 26.7 Å². The molecular formula is C25H29FN5O2P. The number of hydrogen-bond donors (Lipinski definition) is 1. The highest BCUT2D eigenvalue weighted by molar-refractivity contribution is 7.18. The fourth-order valence-electron chi connectivity index (χ4n) is 4.02. The molecule has 0 aliphatic carbocycles. The second-order valence-corrected chi connectivity index (χ2v) is 9.92. The predicted octanol–water partition coefficient (Wildman–Crippen LogP) is 4.98. The highest BCUT2D eigenvalue weighted by Gasteiger charge is 2.36. The van der Waals surface area contributed by atoms with Gasteiger partial charge in [-0.1, -0.05) is 29.2 Å². The van der Waals surface area contributed by atoms with Crippen LogP contribution < -0.4 is 15.0 Å². The summed E-state index contributed by atoms with van der Waals surface area (Å²) < 4.78 is 20.0. The molecule has 2 unspecified atom stereocenters.